The quantitative estimate of drug-likeness (QED) is 0.745. The van der Waals surface area contributed by atoms with Crippen molar-refractivity contribution in [3.63, 3.8) is 0 Å². The van der Waals surface area contributed by atoms with E-state index in [4.69, 9.17) is 10.8 Å². The van der Waals surface area contributed by atoms with Crippen molar-refractivity contribution in [2.24, 2.45) is 5.73 Å². The molecule has 1 aromatic heterocycles. The predicted octanol–water partition coefficient (Wildman–Crippen LogP) is 0.231. The molecule has 0 aliphatic heterocycles. The minimum absolute atomic E-state index is 0.141. The SMILES string of the molecule is NCC(O)c1ncc(Br)cn1. The van der Waals surface area contributed by atoms with Gasteiger partial charge in [-0.25, -0.2) is 9.97 Å². The van der Waals surface area contributed by atoms with Crippen molar-refractivity contribution < 1.29 is 5.11 Å². The van der Waals surface area contributed by atoms with E-state index >= 15 is 0 Å². The van der Waals surface area contributed by atoms with Gasteiger partial charge < -0.3 is 10.8 Å². The number of rotatable bonds is 2. The van der Waals surface area contributed by atoms with Crippen molar-refractivity contribution in [3.8, 4) is 0 Å². The Labute approximate surface area is 72.6 Å². The van der Waals surface area contributed by atoms with Crippen molar-refractivity contribution >= 4 is 15.9 Å². The topological polar surface area (TPSA) is 72.0 Å². The molecule has 0 saturated heterocycles. The summed E-state index contributed by atoms with van der Waals surface area (Å²) >= 11 is 3.18. The Balaban J connectivity index is 2.81. The van der Waals surface area contributed by atoms with Gasteiger partial charge in [0.05, 0.1) is 4.47 Å². The molecule has 1 rings (SSSR count). The summed E-state index contributed by atoms with van der Waals surface area (Å²) in [5, 5.41) is 9.15. The molecule has 0 bridgehead atoms. The zero-order valence-corrected chi connectivity index (χ0v) is 7.32. The van der Waals surface area contributed by atoms with E-state index in [1.807, 2.05) is 0 Å². The van der Waals surface area contributed by atoms with Crippen molar-refractivity contribution in [3.05, 3.63) is 22.7 Å². The van der Waals surface area contributed by atoms with Crippen LogP contribution in [0.2, 0.25) is 0 Å². The zero-order chi connectivity index (χ0) is 8.27. The first-order chi connectivity index (χ1) is 5.24. The van der Waals surface area contributed by atoms with E-state index in [0.717, 1.165) is 4.47 Å². The maximum Gasteiger partial charge on any atom is 0.158 e. The molecule has 0 fully saturated rings. The third-order valence-corrected chi connectivity index (χ3v) is 1.57. The van der Waals surface area contributed by atoms with Crippen LogP contribution in [0.15, 0.2) is 16.9 Å². The molecule has 1 aromatic rings. The van der Waals surface area contributed by atoms with Crippen LogP contribution >= 0.6 is 15.9 Å². The first kappa shape index (κ1) is 8.58. The summed E-state index contributed by atoms with van der Waals surface area (Å²) in [5.41, 5.74) is 5.20. The highest BCUT2D eigenvalue weighted by Crippen LogP contribution is 2.08. The Morgan fingerprint density at radius 1 is 1.55 bits per heavy atom. The van der Waals surface area contributed by atoms with Crippen molar-refractivity contribution in [1.82, 2.24) is 9.97 Å². The molecule has 1 unspecified atom stereocenters. The van der Waals surface area contributed by atoms with Gasteiger partial charge in [0.25, 0.3) is 0 Å². The molecule has 3 N–H and O–H groups in total. The third-order valence-electron chi connectivity index (χ3n) is 1.16. The Hall–Kier alpha value is -0.520. The summed E-state index contributed by atoms with van der Waals surface area (Å²) in [6.07, 6.45) is 2.38. The molecule has 4 nitrogen and oxygen atoms in total. The number of nitrogens with zero attached hydrogens (tertiary/aromatic N) is 2. The first-order valence-electron chi connectivity index (χ1n) is 3.09. The van der Waals surface area contributed by atoms with Crippen LogP contribution in [-0.4, -0.2) is 21.6 Å². The summed E-state index contributed by atoms with van der Waals surface area (Å²) in [6.45, 7) is 0.141. The number of aliphatic hydroxyl groups is 1. The Bertz CT molecular complexity index is 226. The van der Waals surface area contributed by atoms with Crippen LogP contribution in [-0.2, 0) is 0 Å². The minimum atomic E-state index is -0.761. The summed E-state index contributed by atoms with van der Waals surface area (Å²) in [7, 11) is 0. The van der Waals surface area contributed by atoms with Crippen LogP contribution < -0.4 is 5.73 Å². The van der Waals surface area contributed by atoms with Gasteiger partial charge in [-0.15, -0.1) is 0 Å². The van der Waals surface area contributed by atoms with Crippen LogP contribution in [0.5, 0.6) is 0 Å². The molecule has 5 heteroatoms. The molecule has 60 valence electrons. The van der Waals surface area contributed by atoms with Crippen LogP contribution in [0.1, 0.15) is 11.9 Å². The molecule has 0 aromatic carbocycles. The molecule has 0 amide bonds. The van der Waals surface area contributed by atoms with Crippen LogP contribution in [0.4, 0.5) is 0 Å². The van der Waals surface area contributed by atoms with Gasteiger partial charge >= 0.3 is 0 Å². The molecule has 11 heavy (non-hydrogen) atoms. The highest BCUT2D eigenvalue weighted by Gasteiger charge is 2.06. The molecule has 1 heterocycles. The molecule has 0 spiro atoms. The second-order valence-corrected chi connectivity index (χ2v) is 2.93. The molecule has 0 aliphatic carbocycles. The minimum Gasteiger partial charge on any atom is -0.384 e. The van der Waals surface area contributed by atoms with Gasteiger partial charge in [-0.2, -0.15) is 0 Å². The van der Waals surface area contributed by atoms with E-state index in [1.165, 1.54) is 0 Å². The van der Waals surface area contributed by atoms with E-state index in [9.17, 15) is 0 Å². The van der Waals surface area contributed by atoms with Gasteiger partial charge in [-0.3, -0.25) is 0 Å². The fourth-order valence-electron chi connectivity index (χ4n) is 0.600. The van der Waals surface area contributed by atoms with Gasteiger partial charge in [0.2, 0.25) is 0 Å². The summed E-state index contributed by atoms with van der Waals surface area (Å²) in [6, 6.07) is 0. The smallest absolute Gasteiger partial charge is 0.158 e. The normalized spacial score (nSPS) is 13.0. The zero-order valence-electron chi connectivity index (χ0n) is 5.74. The van der Waals surface area contributed by atoms with E-state index in [2.05, 4.69) is 25.9 Å². The third kappa shape index (κ3) is 2.21. The molecule has 0 saturated carbocycles. The number of halogens is 1. The largest absolute Gasteiger partial charge is 0.384 e. The van der Waals surface area contributed by atoms with Gasteiger partial charge in [-0.05, 0) is 15.9 Å². The summed E-state index contributed by atoms with van der Waals surface area (Å²) in [5.74, 6) is 0.357. The number of hydrogen-bond donors (Lipinski definition) is 2. The van der Waals surface area contributed by atoms with Gasteiger partial charge in [-0.1, -0.05) is 0 Å². The van der Waals surface area contributed by atoms with Gasteiger partial charge in [0.15, 0.2) is 5.82 Å². The van der Waals surface area contributed by atoms with Crippen LogP contribution in [0.25, 0.3) is 0 Å². The first-order valence-corrected chi connectivity index (χ1v) is 3.89. The Morgan fingerprint density at radius 3 is 2.55 bits per heavy atom. The van der Waals surface area contributed by atoms with Crippen molar-refractivity contribution in [2.45, 2.75) is 6.10 Å². The molecule has 1 atom stereocenters. The maximum atomic E-state index is 9.15. The number of nitrogens with two attached hydrogens (primary N) is 1. The highest BCUT2D eigenvalue weighted by molar-refractivity contribution is 9.10. The average molecular weight is 218 g/mol. The van der Waals surface area contributed by atoms with E-state index in [-0.39, 0.29) is 6.54 Å². The lowest BCUT2D eigenvalue weighted by molar-refractivity contribution is 0.176. The highest BCUT2D eigenvalue weighted by atomic mass is 79.9. The lowest BCUT2D eigenvalue weighted by Crippen LogP contribution is -2.14. The Morgan fingerprint density at radius 2 is 2.09 bits per heavy atom. The van der Waals surface area contributed by atoms with Crippen molar-refractivity contribution in [1.29, 1.82) is 0 Å². The number of hydrogen-bond acceptors (Lipinski definition) is 4. The molecular weight excluding hydrogens is 210 g/mol. The number of aliphatic hydroxyl groups excluding tert-OH is 1. The second-order valence-electron chi connectivity index (χ2n) is 2.01. The summed E-state index contributed by atoms with van der Waals surface area (Å²) in [4.78, 5) is 7.72. The lowest BCUT2D eigenvalue weighted by atomic mass is 10.3. The average Bonchev–Trinajstić information content (AvgIpc) is 2.05. The number of aromatic nitrogens is 2. The van der Waals surface area contributed by atoms with E-state index in [1.54, 1.807) is 12.4 Å². The monoisotopic (exact) mass is 217 g/mol. The van der Waals surface area contributed by atoms with Crippen LogP contribution in [0, 0.1) is 0 Å². The summed E-state index contributed by atoms with van der Waals surface area (Å²) < 4.78 is 0.783. The van der Waals surface area contributed by atoms with E-state index < -0.39 is 6.10 Å². The standard InChI is InChI=1S/C6H8BrN3O/c7-4-2-9-6(10-3-4)5(11)1-8/h2-3,5,11H,1,8H2. The van der Waals surface area contributed by atoms with Gasteiger partial charge in [0.1, 0.15) is 6.10 Å². The second kappa shape index (κ2) is 3.75. The fraction of sp³-hybridized carbons (Fsp3) is 0.333. The maximum absolute atomic E-state index is 9.15. The molecule has 0 radical (unpaired) electrons. The predicted molar refractivity (Wildman–Crippen MR) is 43.7 cm³/mol. The van der Waals surface area contributed by atoms with Crippen LogP contribution in [0.3, 0.4) is 0 Å². The fourth-order valence-corrected chi connectivity index (χ4v) is 0.805. The van der Waals surface area contributed by atoms with E-state index in [0.29, 0.717) is 5.82 Å². The van der Waals surface area contributed by atoms with Crippen molar-refractivity contribution in [2.75, 3.05) is 6.54 Å². The Kier molecular flexibility index (Phi) is 2.92. The molecular formula is C6H8BrN3O. The lowest BCUT2D eigenvalue weighted by Gasteiger charge is -2.03. The van der Waals surface area contributed by atoms with Gasteiger partial charge in [0, 0.05) is 18.9 Å². The molecule has 0 aliphatic rings.